The molecule has 1 unspecified atom stereocenters. The molecule has 2 N–H and O–H groups in total. The summed E-state index contributed by atoms with van der Waals surface area (Å²) < 4.78 is 0. The predicted octanol–water partition coefficient (Wildman–Crippen LogP) is 3.31. The zero-order valence-corrected chi connectivity index (χ0v) is 10.8. The molecule has 1 fully saturated rings. The van der Waals surface area contributed by atoms with Crippen LogP contribution in [-0.2, 0) is 4.79 Å². The Morgan fingerprint density at radius 2 is 2.11 bits per heavy atom. The molecule has 1 aromatic carbocycles. The monoisotopic (exact) mass is 258 g/mol. The van der Waals surface area contributed by atoms with E-state index in [-0.39, 0.29) is 11.8 Å². The van der Waals surface area contributed by atoms with Crippen molar-refractivity contribution in [2.75, 3.05) is 0 Å². The van der Waals surface area contributed by atoms with Gasteiger partial charge in [-0.05, 0) is 36.5 Å². The number of hydrogen-bond donors (Lipinski definition) is 2. The van der Waals surface area contributed by atoms with E-state index in [1.54, 1.807) is 6.33 Å². The van der Waals surface area contributed by atoms with Crippen LogP contribution in [0.25, 0.3) is 11.0 Å². The van der Waals surface area contributed by atoms with Crippen LogP contribution in [0.5, 0.6) is 0 Å². The normalized spacial score (nSPS) is 18.5. The molecule has 0 radical (unpaired) electrons. The molecular weight excluding hydrogens is 240 g/mol. The summed E-state index contributed by atoms with van der Waals surface area (Å²) >= 11 is 0. The molecule has 1 atom stereocenters. The number of nitrogens with one attached hydrogen (secondary N) is 1. The van der Waals surface area contributed by atoms with E-state index in [4.69, 9.17) is 0 Å². The third kappa shape index (κ3) is 2.35. The molecule has 4 heteroatoms. The number of aromatic amines is 1. The number of rotatable bonds is 3. The Morgan fingerprint density at radius 3 is 2.84 bits per heavy atom. The third-order valence-corrected chi connectivity index (χ3v) is 4.19. The van der Waals surface area contributed by atoms with Gasteiger partial charge in [-0.15, -0.1) is 0 Å². The van der Waals surface area contributed by atoms with Crippen LogP contribution in [0.3, 0.4) is 0 Å². The Kier molecular flexibility index (Phi) is 3.23. The summed E-state index contributed by atoms with van der Waals surface area (Å²) in [4.78, 5) is 18.9. The quantitative estimate of drug-likeness (QED) is 0.887. The van der Waals surface area contributed by atoms with E-state index in [2.05, 4.69) is 9.97 Å². The molecule has 0 bridgehead atoms. The minimum Gasteiger partial charge on any atom is -0.481 e. The first-order valence-corrected chi connectivity index (χ1v) is 6.91. The highest BCUT2D eigenvalue weighted by Crippen LogP contribution is 2.36. The number of carbonyl (C=O) groups is 1. The lowest BCUT2D eigenvalue weighted by Crippen LogP contribution is -2.23. The standard InChI is InChI=1S/C15H18N2O2/c18-15(19)14(10-4-2-1-3-5-10)11-6-7-12-13(8-11)17-9-16-12/h6-10,14H,1-5H2,(H,16,17)(H,18,19). The zero-order valence-electron chi connectivity index (χ0n) is 10.8. The number of aromatic nitrogens is 2. The van der Waals surface area contributed by atoms with Crippen LogP contribution in [0, 0.1) is 5.92 Å². The van der Waals surface area contributed by atoms with Crippen molar-refractivity contribution in [1.82, 2.24) is 9.97 Å². The molecule has 19 heavy (non-hydrogen) atoms. The summed E-state index contributed by atoms with van der Waals surface area (Å²) in [6, 6.07) is 5.76. The van der Waals surface area contributed by atoms with Gasteiger partial charge in [0.05, 0.1) is 23.3 Å². The fraction of sp³-hybridized carbons (Fsp3) is 0.467. The fourth-order valence-corrected chi connectivity index (χ4v) is 3.23. The molecular formula is C15H18N2O2. The summed E-state index contributed by atoms with van der Waals surface area (Å²) in [5.74, 6) is -0.814. The number of H-pyrrole nitrogens is 1. The number of nitrogens with zero attached hydrogens (tertiary/aromatic N) is 1. The molecule has 2 aromatic rings. The number of carboxylic acid groups (broad SMARTS) is 1. The topological polar surface area (TPSA) is 66.0 Å². The molecule has 1 aliphatic rings. The Hall–Kier alpha value is -1.84. The van der Waals surface area contributed by atoms with Gasteiger partial charge in [-0.2, -0.15) is 0 Å². The molecule has 100 valence electrons. The van der Waals surface area contributed by atoms with Gasteiger partial charge in [-0.3, -0.25) is 4.79 Å². The molecule has 3 rings (SSSR count). The number of benzene rings is 1. The second-order valence-electron chi connectivity index (χ2n) is 5.39. The highest BCUT2D eigenvalue weighted by Gasteiger charge is 2.30. The number of hydrogen-bond acceptors (Lipinski definition) is 2. The minimum atomic E-state index is -0.703. The smallest absolute Gasteiger partial charge is 0.311 e. The molecule has 0 aliphatic heterocycles. The first-order chi connectivity index (χ1) is 9.25. The summed E-state index contributed by atoms with van der Waals surface area (Å²) in [6.07, 6.45) is 7.24. The van der Waals surface area contributed by atoms with Crippen molar-refractivity contribution < 1.29 is 9.90 Å². The molecule has 1 heterocycles. The fourth-order valence-electron chi connectivity index (χ4n) is 3.23. The van der Waals surface area contributed by atoms with Gasteiger partial charge in [-0.25, -0.2) is 4.98 Å². The summed E-state index contributed by atoms with van der Waals surface area (Å²) in [5, 5.41) is 9.58. The zero-order chi connectivity index (χ0) is 13.2. The number of aliphatic carboxylic acids is 1. The van der Waals surface area contributed by atoms with Crippen LogP contribution in [-0.4, -0.2) is 21.0 Å². The highest BCUT2D eigenvalue weighted by atomic mass is 16.4. The molecule has 0 amide bonds. The van der Waals surface area contributed by atoms with E-state index in [1.807, 2.05) is 18.2 Å². The van der Waals surface area contributed by atoms with Gasteiger partial charge in [0.2, 0.25) is 0 Å². The SMILES string of the molecule is O=C(O)C(c1ccc2nc[nH]c2c1)C1CCCCC1. The van der Waals surface area contributed by atoms with Crippen LogP contribution in [0.1, 0.15) is 43.6 Å². The maximum atomic E-state index is 11.6. The summed E-state index contributed by atoms with van der Waals surface area (Å²) in [6.45, 7) is 0. The Labute approximate surface area is 111 Å². The van der Waals surface area contributed by atoms with Gasteiger partial charge in [-0.1, -0.05) is 25.3 Å². The Bertz CT molecular complexity index is 585. The second kappa shape index (κ2) is 5.03. The lowest BCUT2D eigenvalue weighted by molar-refractivity contribution is -0.140. The lowest BCUT2D eigenvalue weighted by atomic mass is 9.77. The van der Waals surface area contributed by atoms with Crippen molar-refractivity contribution in [2.45, 2.75) is 38.0 Å². The van der Waals surface area contributed by atoms with E-state index in [1.165, 1.54) is 6.42 Å². The molecule has 1 aromatic heterocycles. The predicted molar refractivity (Wildman–Crippen MR) is 73.0 cm³/mol. The lowest BCUT2D eigenvalue weighted by Gasteiger charge is -2.27. The van der Waals surface area contributed by atoms with Gasteiger partial charge in [0.25, 0.3) is 0 Å². The van der Waals surface area contributed by atoms with Crippen molar-refractivity contribution in [3.8, 4) is 0 Å². The van der Waals surface area contributed by atoms with Gasteiger partial charge in [0.15, 0.2) is 0 Å². The second-order valence-corrected chi connectivity index (χ2v) is 5.39. The van der Waals surface area contributed by atoms with Crippen LogP contribution < -0.4 is 0 Å². The van der Waals surface area contributed by atoms with E-state index in [0.29, 0.717) is 0 Å². The van der Waals surface area contributed by atoms with Crippen LogP contribution in [0.4, 0.5) is 0 Å². The molecule has 0 spiro atoms. The summed E-state index contributed by atoms with van der Waals surface area (Å²) in [5.41, 5.74) is 2.70. The highest BCUT2D eigenvalue weighted by molar-refractivity contribution is 5.81. The average Bonchev–Trinajstić information content (AvgIpc) is 2.87. The van der Waals surface area contributed by atoms with E-state index in [0.717, 1.165) is 42.3 Å². The van der Waals surface area contributed by atoms with Crippen molar-refractivity contribution >= 4 is 17.0 Å². The maximum Gasteiger partial charge on any atom is 0.311 e. The molecule has 4 nitrogen and oxygen atoms in total. The largest absolute Gasteiger partial charge is 0.481 e. The van der Waals surface area contributed by atoms with Crippen molar-refractivity contribution in [3.63, 3.8) is 0 Å². The van der Waals surface area contributed by atoms with Crippen molar-refractivity contribution in [2.24, 2.45) is 5.92 Å². The van der Waals surface area contributed by atoms with Crippen molar-refractivity contribution in [1.29, 1.82) is 0 Å². The first kappa shape index (κ1) is 12.2. The minimum absolute atomic E-state index is 0.270. The molecule has 1 aliphatic carbocycles. The molecule has 1 saturated carbocycles. The van der Waals surface area contributed by atoms with Gasteiger partial charge < -0.3 is 10.1 Å². The first-order valence-electron chi connectivity index (χ1n) is 6.91. The van der Waals surface area contributed by atoms with E-state index < -0.39 is 5.97 Å². The number of carboxylic acids is 1. The maximum absolute atomic E-state index is 11.6. The average molecular weight is 258 g/mol. The Balaban J connectivity index is 1.95. The van der Waals surface area contributed by atoms with Crippen LogP contribution in [0.15, 0.2) is 24.5 Å². The van der Waals surface area contributed by atoms with Crippen LogP contribution in [0.2, 0.25) is 0 Å². The van der Waals surface area contributed by atoms with E-state index >= 15 is 0 Å². The third-order valence-electron chi connectivity index (χ3n) is 4.19. The van der Waals surface area contributed by atoms with Crippen LogP contribution >= 0.6 is 0 Å². The van der Waals surface area contributed by atoms with Gasteiger partial charge in [0, 0.05) is 0 Å². The Morgan fingerprint density at radius 1 is 1.32 bits per heavy atom. The molecule has 0 saturated heterocycles. The number of imidazole rings is 1. The van der Waals surface area contributed by atoms with Gasteiger partial charge >= 0.3 is 5.97 Å². The number of fused-ring (bicyclic) bond motifs is 1. The van der Waals surface area contributed by atoms with Crippen molar-refractivity contribution in [3.05, 3.63) is 30.1 Å². The van der Waals surface area contributed by atoms with E-state index in [9.17, 15) is 9.90 Å². The van der Waals surface area contributed by atoms with Gasteiger partial charge in [0.1, 0.15) is 0 Å². The summed E-state index contributed by atoms with van der Waals surface area (Å²) in [7, 11) is 0.